The molecule has 1 unspecified atom stereocenters. The van der Waals surface area contributed by atoms with Crippen LogP contribution in [-0.2, 0) is 9.53 Å². The number of carbonyl (C=O) groups excluding carboxylic acids is 1. The number of aryl methyl sites for hydroxylation is 1. The van der Waals surface area contributed by atoms with Gasteiger partial charge in [-0.1, -0.05) is 11.6 Å². The van der Waals surface area contributed by atoms with Crippen molar-refractivity contribution >= 4 is 23.5 Å². The molecule has 0 spiro atoms. The summed E-state index contributed by atoms with van der Waals surface area (Å²) in [4.78, 5) is 23.4. The largest absolute Gasteiger partial charge is 0.479 e. The van der Waals surface area contributed by atoms with Crippen molar-refractivity contribution in [3.8, 4) is 0 Å². The lowest BCUT2D eigenvalue weighted by molar-refractivity contribution is -0.144. The van der Waals surface area contributed by atoms with E-state index >= 15 is 0 Å². The highest BCUT2D eigenvalue weighted by Gasteiger charge is 2.44. The average molecular weight is 284 g/mol. The molecule has 1 heterocycles. The van der Waals surface area contributed by atoms with E-state index in [0.717, 1.165) is 5.56 Å². The second-order valence-corrected chi connectivity index (χ2v) is 5.02. The molecule has 0 bridgehead atoms. The molecular weight excluding hydrogens is 270 g/mol. The van der Waals surface area contributed by atoms with Crippen LogP contribution in [0.2, 0.25) is 5.02 Å². The molecule has 1 saturated heterocycles. The number of aliphatic carboxylic acids is 1. The quantitative estimate of drug-likeness (QED) is 0.884. The average Bonchev–Trinajstić information content (AvgIpc) is 2.82. The van der Waals surface area contributed by atoms with Crippen LogP contribution in [0.4, 0.5) is 0 Å². The van der Waals surface area contributed by atoms with Crippen molar-refractivity contribution in [2.24, 2.45) is 0 Å². The van der Waals surface area contributed by atoms with E-state index in [1.807, 2.05) is 0 Å². The standard InChI is InChI=1S/C13H14ClNO4/c1-8-6-9(2-3-10(8)14)11(16)15-13(12(17)18)4-5-19-7-13/h2-3,6H,4-5,7H2,1H3,(H,15,16)(H,17,18). The summed E-state index contributed by atoms with van der Waals surface area (Å²) in [5.41, 5.74) is -0.180. The highest BCUT2D eigenvalue weighted by atomic mass is 35.5. The summed E-state index contributed by atoms with van der Waals surface area (Å²) >= 11 is 5.89. The first kappa shape index (κ1) is 13.8. The summed E-state index contributed by atoms with van der Waals surface area (Å²) in [5, 5.41) is 12.4. The first-order valence-electron chi connectivity index (χ1n) is 5.84. The molecule has 1 atom stereocenters. The van der Waals surface area contributed by atoms with E-state index in [-0.39, 0.29) is 13.0 Å². The number of benzene rings is 1. The van der Waals surface area contributed by atoms with Gasteiger partial charge in [0.05, 0.1) is 6.61 Å². The van der Waals surface area contributed by atoms with Crippen molar-refractivity contribution in [3.05, 3.63) is 34.3 Å². The molecule has 1 amide bonds. The zero-order chi connectivity index (χ0) is 14.0. The van der Waals surface area contributed by atoms with Crippen molar-refractivity contribution in [3.63, 3.8) is 0 Å². The zero-order valence-corrected chi connectivity index (χ0v) is 11.2. The van der Waals surface area contributed by atoms with Gasteiger partial charge in [0.15, 0.2) is 5.54 Å². The molecule has 5 nitrogen and oxygen atoms in total. The molecule has 1 aliphatic heterocycles. The summed E-state index contributed by atoms with van der Waals surface area (Å²) in [5.74, 6) is -1.52. The van der Waals surface area contributed by atoms with Crippen LogP contribution >= 0.6 is 11.6 Å². The lowest BCUT2D eigenvalue weighted by Crippen LogP contribution is -2.55. The summed E-state index contributed by atoms with van der Waals surface area (Å²) < 4.78 is 5.08. The summed E-state index contributed by atoms with van der Waals surface area (Å²) in [7, 11) is 0. The Bertz CT molecular complexity index is 523. The number of ether oxygens (including phenoxy) is 1. The number of hydrogen-bond acceptors (Lipinski definition) is 3. The number of carboxylic acids is 1. The Labute approximate surface area is 115 Å². The summed E-state index contributed by atoms with van der Waals surface area (Å²) in [6, 6.07) is 4.81. The van der Waals surface area contributed by atoms with Gasteiger partial charge in [-0.05, 0) is 30.7 Å². The highest BCUT2D eigenvalue weighted by molar-refractivity contribution is 6.31. The van der Waals surface area contributed by atoms with E-state index in [4.69, 9.17) is 16.3 Å². The Morgan fingerprint density at radius 2 is 2.21 bits per heavy atom. The van der Waals surface area contributed by atoms with E-state index in [1.54, 1.807) is 25.1 Å². The number of carbonyl (C=O) groups is 2. The van der Waals surface area contributed by atoms with Crippen LogP contribution in [0.1, 0.15) is 22.3 Å². The molecule has 0 aromatic heterocycles. The van der Waals surface area contributed by atoms with Gasteiger partial charge in [0.2, 0.25) is 0 Å². The third kappa shape index (κ3) is 2.72. The molecule has 0 aliphatic carbocycles. The van der Waals surface area contributed by atoms with E-state index in [1.165, 1.54) is 0 Å². The Balaban J connectivity index is 2.20. The maximum absolute atomic E-state index is 12.1. The molecule has 1 aliphatic rings. The van der Waals surface area contributed by atoms with Crippen molar-refractivity contribution in [2.45, 2.75) is 18.9 Å². The number of amides is 1. The molecule has 1 aromatic carbocycles. The lowest BCUT2D eigenvalue weighted by Gasteiger charge is -2.23. The fourth-order valence-corrected chi connectivity index (χ4v) is 2.08. The Hall–Kier alpha value is -1.59. The Morgan fingerprint density at radius 3 is 2.74 bits per heavy atom. The molecule has 0 radical (unpaired) electrons. The van der Waals surface area contributed by atoms with Gasteiger partial charge >= 0.3 is 5.97 Å². The predicted octanol–water partition coefficient (Wildman–Crippen LogP) is 1.62. The van der Waals surface area contributed by atoms with E-state index < -0.39 is 17.4 Å². The predicted molar refractivity (Wildman–Crippen MR) is 69.5 cm³/mol. The molecule has 0 saturated carbocycles. The van der Waals surface area contributed by atoms with Gasteiger partial charge in [-0.2, -0.15) is 0 Å². The fourth-order valence-electron chi connectivity index (χ4n) is 1.96. The van der Waals surface area contributed by atoms with Gasteiger partial charge in [0, 0.05) is 23.6 Å². The van der Waals surface area contributed by atoms with E-state index in [9.17, 15) is 14.7 Å². The van der Waals surface area contributed by atoms with Crippen LogP contribution in [0.5, 0.6) is 0 Å². The second kappa shape index (κ2) is 5.19. The van der Waals surface area contributed by atoms with Gasteiger partial charge < -0.3 is 15.2 Å². The van der Waals surface area contributed by atoms with Gasteiger partial charge in [-0.25, -0.2) is 4.79 Å². The molecule has 102 valence electrons. The van der Waals surface area contributed by atoms with Crippen molar-refractivity contribution in [1.29, 1.82) is 0 Å². The molecular formula is C13H14ClNO4. The molecule has 19 heavy (non-hydrogen) atoms. The number of rotatable bonds is 3. The Morgan fingerprint density at radius 1 is 1.47 bits per heavy atom. The van der Waals surface area contributed by atoms with Crippen LogP contribution < -0.4 is 5.32 Å². The first-order chi connectivity index (χ1) is 8.94. The first-order valence-corrected chi connectivity index (χ1v) is 6.22. The monoisotopic (exact) mass is 283 g/mol. The van der Waals surface area contributed by atoms with Gasteiger partial charge in [0.25, 0.3) is 5.91 Å². The summed E-state index contributed by atoms with van der Waals surface area (Å²) in [6.07, 6.45) is 0.265. The normalized spacial score (nSPS) is 22.2. The smallest absolute Gasteiger partial charge is 0.331 e. The van der Waals surface area contributed by atoms with E-state index in [2.05, 4.69) is 5.32 Å². The third-order valence-electron chi connectivity index (χ3n) is 3.20. The number of halogens is 1. The third-order valence-corrected chi connectivity index (χ3v) is 3.63. The van der Waals surface area contributed by atoms with Crippen LogP contribution in [0.3, 0.4) is 0 Å². The van der Waals surface area contributed by atoms with Crippen LogP contribution in [-0.4, -0.2) is 35.7 Å². The maximum atomic E-state index is 12.1. The van der Waals surface area contributed by atoms with Crippen LogP contribution in [0.15, 0.2) is 18.2 Å². The minimum absolute atomic E-state index is 0.0132. The lowest BCUT2D eigenvalue weighted by atomic mass is 9.98. The minimum Gasteiger partial charge on any atom is -0.479 e. The zero-order valence-electron chi connectivity index (χ0n) is 10.4. The number of carboxylic acid groups (broad SMARTS) is 1. The Kier molecular flexibility index (Phi) is 3.78. The van der Waals surface area contributed by atoms with E-state index in [0.29, 0.717) is 17.2 Å². The number of hydrogen-bond donors (Lipinski definition) is 2. The molecule has 1 fully saturated rings. The summed E-state index contributed by atoms with van der Waals surface area (Å²) in [6.45, 7) is 2.09. The molecule has 2 N–H and O–H groups in total. The fraction of sp³-hybridized carbons (Fsp3) is 0.385. The van der Waals surface area contributed by atoms with Crippen molar-refractivity contribution < 1.29 is 19.4 Å². The van der Waals surface area contributed by atoms with Crippen LogP contribution in [0.25, 0.3) is 0 Å². The molecule has 1 aromatic rings. The number of nitrogens with one attached hydrogen (secondary N) is 1. The van der Waals surface area contributed by atoms with Crippen molar-refractivity contribution in [1.82, 2.24) is 5.32 Å². The van der Waals surface area contributed by atoms with Crippen molar-refractivity contribution in [2.75, 3.05) is 13.2 Å². The van der Waals surface area contributed by atoms with Gasteiger partial charge in [0.1, 0.15) is 0 Å². The van der Waals surface area contributed by atoms with Crippen LogP contribution in [0, 0.1) is 6.92 Å². The SMILES string of the molecule is Cc1cc(C(=O)NC2(C(=O)O)CCOC2)ccc1Cl. The molecule has 2 rings (SSSR count). The topological polar surface area (TPSA) is 75.6 Å². The second-order valence-electron chi connectivity index (χ2n) is 4.61. The minimum atomic E-state index is -1.33. The van der Waals surface area contributed by atoms with Gasteiger partial charge in [-0.3, -0.25) is 4.79 Å². The highest BCUT2D eigenvalue weighted by Crippen LogP contribution is 2.21. The maximum Gasteiger partial charge on any atom is 0.331 e. The van der Waals surface area contributed by atoms with Gasteiger partial charge in [-0.15, -0.1) is 0 Å². The molecule has 6 heteroatoms.